The van der Waals surface area contributed by atoms with Gasteiger partial charge in [-0.05, 0) is 22.0 Å². The molecule has 5 nitrogen and oxygen atoms in total. The number of ether oxygens (including phenoxy) is 1. The molecule has 1 aromatic heterocycles. The maximum absolute atomic E-state index is 11.3. The van der Waals surface area contributed by atoms with Crippen LogP contribution in [-0.4, -0.2) is 19.0 Å². The van der Waals surface area contributed by atoms with Crippen molar-refractivity contribution in [1.29, 1.82) is 0 Å². The smallest absolute Gasteiger partial charge is 0.354 e. The summed E-state index contributed by atoms with van der Waals surface area (Å²) < 4.78 is 10.3. The van der Waals surface area contributed by atoms with E-state index in [4.69, 9.17) is 4.42 Å². The molecule has 16 heavy (non-hydrogen) atoms. The van der Waals surface area contributed by atoms with Gasteiger partial charge in [-0.1, -0.05) is 0 Å². The van der Waals surface area contributed by atoms with Crippen LogP contribution in [0.5, 0.6) is 0 Å². The highest BCUT2D eigenvalue weighted by Crippen LogP contribution is 2.20. The molecule has 0 atom stereocenters. The Hall–Kier alpha value is -1.56. The van der Waals surface area contributed by atoms with Crippen molar-refractivity contribution in [2.75, 3.05) is 7.11 Å². The zero-order chi connectivity index (χ0) is 12.1. The first-order chi connectivity index (χ1) is 7.54. The van der Waals surface area contributed by atoms with Crippen LogP contribution in [0.1, 0.15) is 12.7 Å². The van der Waals surface area contributed by atoms with Crippen LogP contribution in [0, 0.1) is 0 Å². The van der Waals surface area contributed by atoms with Crippen molar-refractivity contribution >= 4 is 33.9 Å². The Kier molecular flexibility index (Phi) is 4.30. The minimum absolute atomic E-state index is 0.0191. The number of furan rings is 1. The predicted molar refractivity (Wildman–Crippen MR) is 60.2 cm³/mol. The fourth-order valence-corrected chi connectivity index (χ4v) is 1.30. The number of nitrogens with one attached hydrogen (secondary N) is 1. The van der Waals surface area contributed by atoms with Crippen molar-refractivity contribution in [3.63, 3.8) is 0 Å². The Morgan fingerprint density at radius 2 is 2.25 bits per heavy atom. The molecule has 0 aliphatic heterocycles. The average Bonchev–Trinajstić information content (AvgIpc) is 2.61. The molecule has 0 spiro atoms. The second-order valence-corrected chi connectivity index (χ2v) is 3.72. The second-order valence-electron chi connectivity index (χ2n) is 2.86. The molecule has 86 valence electrons. The molecule has 0 radical (unpaired) electrons. The second kappa shape index (κ2) is 5.50. The van der Waals surface area contributed by atoms with Gasteiger partial charge in [0, 0.05) is 13.0 Å². The van der Waals surface area contributed by atoms with Crippen LogP contribution in [0.2, 0.25) is 0 Å². The molecule has 1 heterocycles. The topological polar surface area (TPSA) is 68.5 Å². The standard InChI is InChI=1S/C10H10BrNO4/c1-6(13)12-8(10(14)15-2)5-9-7(11)3-4-16-9/h3-5H,1-2H3,(H,12,13)/b8-5-. The van der Waals surface area contributed by atoms with E-state index in [1.165, 1.54) is 26.4 Å². The van der Waals surface area contributed by atoms with Crippen LogP contribution in [0.4, 0.5) is 0 Å². The molecule has 0 aromatic carbocycles. The SMILES string of the molecule is COC(=O)/C(=C/c1occc1Br)NC(C)=O. The first-order valence-electron chi connectivity index (χ1n) is 4.35. The molecule has 6 heteroatoms. The normalized spacial score (nSPS) is 11.1. The third-order valence-corrected chi connectivity index (χ3v) is 2.29. The van der Waals surface area contributed by atoms with Gasteiger partial charge in [0.05, 0.1) is 17.8 Å². The first-order valence-corrected chi connectivity index (χ1v) is 5.14. The fraction of sp³-hybridized carbons (Fsp3) is 0.200. The number of methoxy groups -OCH3 is 1. The lowest BCUT2D eigenvalue weighted by molar-refractivity contribution is -0.137. The van der Waals surface area contributed by atoms with Crippen LogP contribution < -0.4 is 5.32 Å². The van der Waals surface area contributed by atoms with Crippen LogP contribution >= 0.6 is 15.9 Å². The molecule has 0 saturated carbocycles. The summed E-state index contributed by atoms with van der Waals surface area (Å²) in [6, 6.07) is 1.68. The molecule has 0 aliphatic carbocycles. The summed E-state index contributed by atoms with van der Waals surface area (Å²) >= 11 is 3.23. The monoisotopic (exact) mass is 287 g/mol. The third kappa shape index (κ3) is 3.23. The lowest BCUT2D eigenvalue weighted by Crippen LogP contribution is -2.25. The zero-order valence-electron chi connectivity index (χ0n) is 8.74. The van der Waals surface area contributed by atoms with Gasteiger partial charge in [0.25, 0.3) is 0 Å². The molecule has 0 unspecified atom stereocenters. The molecule has 1 aromatic rings. The van der Waals surface area contributed by atoms with Gasteiger partial charge in [-0.15, -0.1) is 0 Å². The van der Waals surface area contributed by atoms with E-state index in [0.717, 1.165) is 0 Å². The van der Waals surface area contributed by atoms with Crippen molar-refractivity contribution in [3.05, 3.63) is 28.3 Å². The van der Waals surface area contributed by atoms with Gasteiger partial charge in [-0.3, -0.25) is 4.79 Å². The van der Waals surface area contributed by atoms with Gasteiger partial charge >= 0.3 is 5.97 Å². The minimum atomic E-state index is -0.640. The van der Waals surface area contributed by atoms with E-state index in [0.29, 0.717) is 10.2 Å². The molecular weight excluding hydrogens is 278 g/mol. The van der Waals surface area contributed by atoms with Crippen molar-refractivity contribution in [3.8, 4) is 0 Å². The number of hydrogen-bond acceptors (Lipinski definition) is 4. The highest BCUT2D eigenvalue weighted by Gasteiger charge is 2.13. The minimum Gasteiger partial charge on any atom is -0.464 e. The van der Waals surface area contributed by atoms with Crippen molar-refractivity contribution in [1.82, 2.24) is 5.32 Å². The molecule has 0 aliphatic rings. The Labute approximate surface area is 101 Å². The quantitative estimate of drug-likeness (QED) is 0.679. The molecule has 0 bridgehead atoms. The fourth-order valence-electron chi connectivity index (χ4n) is 0.985. The van der Waals surface area contributed by atoms with Gasteiger partial charge in [0.15, 0.2) is 0 Å². The van der Waals surface area contributed by atoms with Crippen LogP contribution in [0.3, 0.4) is 0 Å². The highest BCUT2D eigenvalue weighted by molar-refractivity contribution is 9.10. The molecular formula is C10H10BrNO4. The summed E-state index contributed by atoms with van der Waals surface area (Å²) in [5.41, 5.74) is 0.0191. The van der Waals surface area contributed by atoms with E-state index >= 15 is 0 Å². The number of rotatable bonds is 3. The number of hydrogen-bond donors (Lipinski definition) is 1. The van der Waals surface area contributed by atoms with Crippen LogP contribution in [0.25, 0.3) is 6.08 Å². The predicted octanol–water partition coefficient (Wildman–Crippen LogP) is 1.69. The van der Waals surface area contributed by atoms with Gasteiger partial charge in [-0.2, -0.15) is 0 Å². The van der Waals surface area contributed by atoms with Crippen molar-refractivity contribution in [2.45, 2.75) is 6.92 Å². The lowest BCUT2D eigenvalue weighted by Gasteiger charge is -2.04. The van der Waals surface area contributed by atoms with E-state index in [1.54, 1.807) is 6.07 Å². The Bertz CT molecular complexity index is 436. The number of carbonyl (C=O) groups excluding carboxylic acids is 2. The van der Waals surface area contributed by atoms with Gasteiger partial charge in [0.2, 0.25) is 5.91 Å². The van der Waals surface area contributed by atoms with Crippen molar-refractivity contribution in [2.24, 2.45) is 0 Å². The third-order valence-electron chi connectivity index (χ3n) is 1.64. The van der Waals surface area contributed by atoms with Crippen LogP contribution in [-0.2, 0) is 14.3 Å². The van der Waals surface area contributed by atoms with Gasteiger partial charge in [-0.25, -0.2) is 4.79 Å². The number of amides is 1. The van der Waals surface area contributed by atoms with Crippen LogP contribution in [0.15, 0.2) is 26.9 Å². The van der Waals surface area contributed by atoms with Gasteiger partial charge in [0.1, 0.15) is 11.5 Å². The molecule has 1 N–H and O–H groups in total. The average molecular weight is 288 g/mol. The Balaban J connectivity index is 3.01. The van der Waals surface area contributed by atoms with E-state index < -0.39 is 5.97 Å². The number of esters is 1. The summed E-state index contributed by atoms with van der Waals surface area (Å²) in [6.07, 6.45) is 2.84. The van der Waals surface area contributed by atoms with E-state index in [2.05, 4.69) is 26.0 Å². The lowest BCUT2D eigenvalue weighted by atomic mass is 10.3. The van der Waals surface area contributed by atoms with Crippen molar-refractivity contribution < 1.29 is 18.7 Å². The summed E-state index contributed by atoms with van der Waals surface area (Å²) in [5.74, 6) is -0.577. The van der Waals surface area contributed by atoms with E-state index in [-0.39, 0.29) is 11.6 Å². The molecule has 1 rings (SSSR count). The Morgan fingerprint density at radius 1 is 1.56 bits per heavy atom. The van der Waals surface area contributed by atoms with E-state index in [9.17, 15) is 9.59 Å². The zero-order valence-corrected chi connectivity index (χ0v) is 10.3. The summed E-state index contributed by atoms with van der Waals surface area (Å²) in [4.78, 5) is 22.2. The molecule has 0 fully saturated rings. The largest absolute Gasteiger partial charge is 0.464 e. The highest BCUT2D eigenvalue weighted by atomic mass is 79.9. The maximum Gasteiger partial charge on any atom is 0.354 e. The van der Waals surface area contributed by atoms with E-state index in [1.807, 2.05) is 0 Å². The molecule has 0 saturated heterocycles. The summed E-state index contributed by atoms with van der Waals surface area (Å²) in [5, 5.41) is 2.36. The van der Waals surface area contributed by atoms with Gasteiger partial charge < -0.3 is 14.5 Å². The molecule has 1 amide bonds. The summed E-state index contributed by atoms with van der Waals surface area (Å²) in [6.45, 7) is 1.30. The first kappa shape index (κ1) is 12.5. The maximum atomic E-state index is 11.3. The Morgan fingerprint density at radius 3 is 2.69 bits per heavy atom. The number of halogens is 1. The number of carbonyl (C=O) groups is 2. The summed E-state index contributed by atoms with van der Waals surface area (Å²) in [7, 11) is 1.23.